The topological polar surface area (TPSA) is 94.8 Å². The van der Waals surface area contributed by atoms with Crippen molar-refractivity contribution in [2.24, 2.45) is 28.6 Å². The number of Topliss-reactive ketones (excluding diaryl/α,β-unsaturated/α-hetero) is 1. The molecule has 0 aromatic rings. The van der Waals surface area contributed by atoms with Crippen LogP contribution in [0.4, 0.5) is 0 Å². The van der Waals surface area contributed by atoms with Crippen molar-refractivity contribution in [3.63, 3.8) is 0 Å². The van der Waals surface area contributed by atoms with Crippen LogP contribution in [-0.4, -0.2) is 44.7 Å². The van der Waals surface area contributed by atoms with Crippen LogP contribution in [0.1, 0.15) is 46.5 Å². The van der Waals surface area contributed by atoms with E-state index in [1.807, 2.05) is 19.9 Å². The second-order valence-electron chi connectivity index (χ2n) is 9.26. The molecule has 3 saturated carbocycles. The second-order valence-corrected chi connectivity index (χ2v) is 9.26. The van der Waals surface area contributed by atoms with Crippen LogP contribution >= 0.6 is 0 Å². The highest BCUT2D eigenvalue weighted by molar-refractivity contribution is 6.01. The number of hydrogen-bond acceptors (Lipinski definition) is 5. The van der Waals surface area contributed by atoms with Gasteiger partial charge >= 0.3 is 0 Å². The summed E-state index contributed by atoms with van der Waals surface area (Å²) in [5, 5.41) is 32.9. The van der Waals surface area contributed by atoms with Crippen molar-refractivity contribution in [3.8, 4) is 0 Å². The SMILES string of the molecule is CC(=O)[C@@]1(O)CC[C@H]2[C@@H]3C(O)C(O)C4=CC(=O)C=C[C@]4(C)[C@H]3CC[C@@]21C. The normalized spacial score (nSPS) is 52.8. The van der Waals surface area contributed by atoms with Gasteiger partial charge < -0.3 is 15.3 Å². The van der Waals surface area contributed by atoms with Gasteiger partial charge in [0.2, 0.25) is 0 Å². The quantitative estimate of drug-likeness (QED) is 0.660. The molecule has 0 amide bonds. The Labute approximate surface area is 153 Å². The van der Waals surface area contributed by atoms with Gasteiger partial charge in [0.25, 0.3) is 0 Å². The maximum absolute atomic E-state index is 12.2. The van der Waals surface area contributed by atoms with Gasteiger partial charge in [-0.05, 0) is 68.1 Å². The molecule has 3 fully saturated rings. The van der Waals surface area contributed by atoms with Gasteiger partial charge in [0, 0.05) is 10.8 Å². The van der Waals surface area contributed by atoms with Crippen molar-refractivity contribution >= 4 is 11.6 Å². The Morgan fingerprint density at radius 1 is 1.15 bits per heavy atom. The minimum Gasteiger partial charge on any atom is -0.390 e. The molecule has 142 valence electrons. The van der Waals surface area contributed by atoms with Crippen LogP contribution in [0.5, 0.6) is 0 Å². The fourth-order valence-corrected chi connectivity index (χ4v) is 6.81. The first-order chi connectivity index (χ1) is 12.1. The molecule has 4 aliphatic rings. The lowest BCUT2D eigenvalue weighted by molar-refractivity contribution is -0.175. The molecule has 0 saturated heterocycles. The average molecular weight is 360 g/mol. The summed E-state index contributed by atoms with van der Waals surface area (Å²) in [5.74, 6) is -0.540. The van der Waals surface area contributed by atoms with E-state index in [4.69, 9.17) is 0 Å². The molecule has 8 atom stereocenters. The summed E-state index contributed by atoms with van der Waals surface area (Å²) >= 11 is 0. The van der Waals surface area contributed by atoms with Crippen LogP contribution in [0.25, 0.3) is 0 Å². The first-order valence-electron chi connectivity index (χ1n) is 9.61. The number of ketones is 2. The van der Waals surface area contributed by atoms with Crippen molar-refractivity contribution in [2.75, 3.05) is 0 Å². The van der Waals surface area contributed by atoms with Gasteiger partial charge in [-0.25, -0.2) is 0 Å². The molecule has 0 aromatic heterocycles. The number of hydrogen-bond donors (Lipinski definition) is 3. The van der Waals surface area contributed by atoms with Crippen LogP contribution in [0.15, 0.2) is 23.8 Å². The summed E-state index contributed by atoms with van der Waals surface area (Å²) in [5.41, 5.74) is -1.83. The van der Waals surface area contributed by atoms with Crippen molar-refractivity contribution < 1.29 is 24.9 Å². The van der Waals surface area contributed by atoms with Gasteiger partial charge in [0.15, 0.2) is 11.6 Å². The van der Waals surface area contributed by atoms with Crippen LogP contribution in [-0.2, 0) is 9.59 Å². The smallest absolute Gasteiger partial charge is 0.178 e. The van der Waals surface area contributed by atoms with Gasteiger partial charge in [0.1, 0.15) is 11.7 Å². The van der Waals surface area contributed by atoms with Gasteiger partial charge in [-0.3, -0.25) is 9.59 Å². The summed E-state index contributed by atoms with van der Waals surface area (Å²) in [6, 6.07) is 0. The van der Waals surface area contributed by atoms with E-state index in [0.29, 0.717) is 24.8 Å². The summed E-state index contributed by atoms with van der Waals surface area (Å²) in [6.07, 6.45) is 5.33. The molecule has 0 aromatic carbocycles. The zero-order valence-corrected chi connectivity index (χ0v) is 15.6. The van der Waals surface area contributed by atoms with Crippen LogP contribution in [0.2, 0.25) is 0 Å². The fourth-order valence-electron chi connectivity index (χ4n) is 6.81. The highest BCUT2D eigenvalue weighted by Gasteiger charge is 2.67. The zero-order chi connectivity index (χ0) is 19.1. The Kier molecular flexibility index (Phi) is 3.73. The van der Waals surface area contributed by atoms with Crippen molar-refractivity contribution in [2.45, 2.75) is 64.3 Å². The van der Waals surface area contributed by atoms with Crippen molar-refractivity contribution in [1.82, 2.24) is 0 Å². The summed E-state index contributed by atoms with van der Waals surface area (Å²) in [6.45, 7) is 5.45. The minimum atomic E-state index is -1.36. The van der Waals surface area contributed by atoms with Gasteiger partial charge in [-0.1, -0.05) is 19.9 Å². The van der Waals surface area contributed by atoms with Gasteiger partial charge in [0.05, 0.1) is 6.10 Å². The monoisotopic (exact) mass is 360 g/mol. The van der Waals surface area contributed by atoms with Gasteiger partial charge in [-0.15, -0.1) is 0 Å². The largest absolute Gasteiger partial charge is 0.390 e. The van der Waals surface area contributed by atoms with E-state index in [1.165, 1.54) is 13.0 Å². The van der Waals surface area contributed by atoms with Crippen LogP contribution in [0, 0.1) is 28.6 Å². The average Bonchev–Trinajstić information content (AvgIpc) is 2.87. The fraction of sp³-hybridized carbons (Fsp3) is 0.714. The third-order valence-corrected chi connectivity index (χ3v) is 8.39. The van der Waals surface area contributed by atoms with E-state index in [1.54, 1.807) is 6.08 Å². The highest BCUT2D eigenvalue weighted by atomic mass is 16.3. The number of allylic oxidation sites excluding steroid dienone is 3. The Bertz CT molecular complexity index is 739. The lowest BCUT2D eigenvalue weighted by atomic mass is 9.46. The standard InChI is InChI=1S/C21H28O5/c1-11(22)21(26)9-6-14-16-13(5-8-20(14,21)3)19(2)7-4-12(23)10-15(19)17(24)18(16)25/h4,7,10,13-14,16-18,24-26H,5-6,8-9H2,1-3H3/t13-,14-,16+,17?,18?,19+,20-,21-/m0/s1. The molecule has 3 N–H and O–H groups in total. The number of aliphatic hydroxyl groups excluding tert-OH is 2. The highest BCUT2D eigenvalue weighted by Crippen LogP contribution is 2.67. The third kappa shape index (κ3) is 1.97. The number of fused-ring (bicyclic) bond motifs is 5. The summed E-state index contributed by atoms with van der Waals surface area (Å²) in [7, 11) is 0. The molecule has 0 heterocycles. The number of rotatable bonds is 1. The van der Waals surface area contributed by atoms with Crippen molar-refractivity contribution in [1.29, 1.82) is 0 Å². The molecular formula is C21H28O5. The Morgan fingerprint density at radius 2 is 1.81 bits per heavy atom. The predicted molar refractivity (Wildman–Crippen MR) is 95.0 cm³/mol. The summed E-state index contributed by atoms with van der Waals surface area (Å²) < 4.78 is 0. The maximum atomic E-state index is 12.2. The summed E-state index contributed by atoms with van der Waals surface area (Å²) in [4.78, 5) is 24.1. The number of carbonyl (C=O) groups is 2. The van der Waals surface area contributed by atoms with Crippen LogP contribution in [0.3, 0.4) is 0 Å². The predicted octanol–water partition coefficient (Wildman–Crippen LogP) is 1.56. The lowest BCUT2D eigenvalue weighted by Crippen LogP contribution is -2.62. The van der Waals surface area contributed by atoms with E-state index >= 15 is 0 Å². The zero-order valence-electron chi connectivity index (χ0n) is 15.6. The van der Waals surface area contributed by atoms with Gasteiger partial charge in [-0.2, -0.15) is 0 Å². The molecule has 4 rings (SSSR count). The number of aliphatic hydroxyl groups is 3. The van der Waals surface area contributed by atoms with Crippen molar-refractivity contribution in [3.05, 3.63) is 23.8 Å². The first-order valence-corrected chi connectivity index (χ1v) is 9.61. The van der Waals surface area contributed by atoms with E-state index < -0.39 is 28.6 Å². The molecule has 0 spiro atoms. The number of carbonyl (C=O) groups excluding carboxylic acids is 2. The van der Waals surface area contributed by atoms with E-state index in [-0.39, 0.29) is 29.3 Å². The Hall–Kier alpha value is -1.30. The molecule has 4 aliphatic carbocycles. The molecule has 0 aliphatic heterocycles. The molecule has 5 heteroatoms. The second kappa shape index (κ2) is 5.37. The molecule has 5 nitrogen and oxygen atoms in total. The molecule has 0 radical (unpaired) electrons. The molecular weight excluding hydrogens is 332 g/mol. The van der Waals surface area contributed by atoms with E-state index in [9.17, 15) is 24.9 Å². The van der Waals surface area contributed by atoms with E-state index in [0.717, 1.165) is 6.42 Å². The maximum Gasteiger partial charge on any atom is 0.178 e. The molecule has 0 bridgehead atoms. The van der Waals surface area contributed by atoms with E-state index in [2.05, 4.69) is 0 Å². The minimum absolute atomic E-state index is 0.0378. The molecule has 26 heavy (non-hydrogen) atoms. The third-order valence-electron chi connectivity index (χ3n) is 8.39. The Balaban J connectivity index is 1.80. The molecule has 2 unspecified atom stereocenters. The first kappa shape index (κ1) is 18.1. The lowest BCUT2D eigenvalue weighted by Gasteiger charge is -2.60. The Morgan fingerprint density at radius 3 is 2.46 bits per heavy atom. The van der Waals surface area contributed by atoms with Crippen LogP contribution < -0.4 is 0 Å².